The van der Waals surface area contributed by atoms with Gasteiger partial charge in [0.05, 0.1) is 17.6 Å². The number of carbonyl (C=O) groups is 2. The van der Waals surface area contributed by atoms with E-state index in [2.05, 4.69) is 21.5 Å². The molecule has 10 nitrogen and oxygen atoms in total. The Bertz CT molecular complexity index is 1340. The number of aliphatic hydroxyl groups is 2. The fraction of sp³-hybridized carbons (Fsp3) is 0.217. The van der Waals surface area contributed by atoms with Crippen molar-refractivity contribution in [1.29, 1.82) is 0 Å². The number of rotatable bonds is 7. The molecule has 2 heterocycles. The third-order valence-corrected chi connectivity index (χ3v) is 5.26. The molecule has 0 radical (unpaired) electrons. The number of hydrogen-bond acceptors (Lipinski definition) is 6. The summed E-state index contributed by atoms with van der Waals surface area (Å²) in [5.41, 5.74) is 2.55. The van der Waals surface area contributed by atoms with Crippen LogP contribution in [0.3, 0.4) is 0 Å². The number of carboxylic acid groups (broad SMARTS) is 2. The van der Waals surface area contributed by atoms with E-state index in [1.54, 1.807) is 12.3 Å². The van der Waals surface area contributed by atoms with E-state index in [1.165, 1.54) is 12.1 Å². The summed E-state index contributed by atoms with van der Waals surface area (Å²) in [6.45, 7) is 3.37. The zero-order valence-electron chi connectivity index (χ0n) is 18.4. The molecule has 0 saturated carbocycles. The third-order valence-electron chi connectivity index (χ3n) is 5.02. The van der Waals surface area contributed by atoms with E-state index in [4.69, 9.17) is 32.0 Å². The number of aliphatic carboxylic acids is 2. The lowest BCUT2D eigenvalue weighted by Gasteiger charge is -2.10. The maximum absolute atomic E-state index is 13.5. The van der Waals surface area contributed by atoms with Gasteiger partial charge in [0.25, 0.3) is 0 Å². The number of fused-ring (bicyclic) bond motifs is 1. The Morgan fingerprint density at radius 3 is 2.37 bits per heavy atom. The summed E-state index contributed by atoms with van der Waals surface area (Å²) in [5.74, 6) is -2.13. The van der Waals surface area contributed by atoms with Crippen LogP contribution in [0.2, 0.25) is 5.02 Å². The van der Waals surface area contributed by atoms with Crippen LogP contribution >= 0.6 is 11.6 Å². The number of halogens is 2. The molecule has 0 aliphatic rings. The van der Waals surface area contributed by atoms with E-state index < -0.39 is 24.1 Å². The van der Waals surface area contributed by atoms with Gasteiger partial charge in [-0.15, -0.1) is 0 Å². The van der Waals surface area contributed by atoms with Crippen LogP contribution in [-0.2, 0) is 22.7 Å². The molecule has 0 amide bonds. The van der Waals surface area contributed by atoms with Crippen molar-refractivity contribution in [3.63, 3.8) is 0 Å². The molecule has 4 aromatic rings. The minimum absolute atomic E-state index is 0.276. The molecule has 2 aromatic heterocycles. The van der Waals surface area contributed by atoms with Crippen LogP contribution < -0.4 is 0 Å². The Hall–Kier alpha value is -3.80. The fourth-order valence-electron chi connectivity index (χ4n) is 3.37. The first-order valence-corrected chi connectivity index (χ1v) is 10.7. The highest BCUT2D eigenvalue weighted by Crippen LogP contribution is 2.23. The predicted molar refractivity (Wildman–Crippen MR) is 124 cm³/mol. The van der Waals surface area contributed by atoms with E-state index >= 15 is 0 Å². The van der Waals surface area contributed by atoms with Crippen LogP contribution in [0.4, 0.5) is 4.39 Å². The summed E-state index contributed by atoms with van der Waals surface area (Å²) in [6.07, 6.45) is -0.861. The van der Waals surface area contributed by atoms with Gasteiger partial charge in [0, 0.05) is 35.6 Å². The van der Waals surface area contributed by atoms with Gasteiger partial charge < -0.3 is 29.6 Å². The average Bonchev–Trinajstić information content (AvgIpc) is 3.41. The van der Waals surface area contributed by atoms with Crippen LogP contribution in [0.15, 0.2) is 54.9 Å². The van der Waals surface area contributed by atoms with E-state index in [0.29, 0.717) is 17.1 Å². The molecule has 35 heavy (non-hydrogen) atoms. The lowest BCUT2D eigenvalue weighted by Crippen LogP contribution is -2.39. The van der Waals surface area contributed by atoms with Crippen molar-refractivity contribution >= 4 is 34.6 Å². The van der Waals surface area contributed by atoms with Crippen molar-refractivity contribution in [3.05, 3.63) is 71.5 Å². The molecule has 2 atom stereocenters. The Labute approximate surface area is 203 Å². The van der Waals surface area contributed by atoms with Crippen molar-refractivity contribution < 1.29 is 34.4 Å². The van der Waals surface area contributed by atoms with E-state index in [-0.39, 0.29) is 5.82 Å². The molecule has 4 rings (SSSR count). The summed E-state index contributed by atoms with van der Waals surface area (Å²) >= 11 is 6.10. The van der Waals surface area contributed by atoms with Gasteiger partial charge in [-0.3, -0.25) is 0 Å². The van der Waals surface area contributed by atoms with Crippen molar-refractivity contribution in [3.8, 4) is 11.4 Å². The van der Waals surface area contributed by atoms with Gasteiger partial charge in [0.1, 0.15) is 17.5 Å². The largest absolute Gasteiger partial charge is 0.479 e. The summed E-state index contributed by atoms with van der Waals surface area (Å²) in [4.78, 5) is 28.6. The number of nitrogens with zero attached hydrogens (tertiary/aromatic N) is 4. The van der Waals surface area contributed by atoms with Crippen LogP contribution in [-0.4, -0.2) is 63.7 Å². The molecule has 0 spiro atoms. The molecule has 184 valence electrons. The van der Waals surface area contributed by atoms with Crippen molar-refractivity contribution in [1.82, 2.24) is 19.1 Å². The summed E-state index contributed by atoms with van der Waals surface area (Å²) in [6, 6.07) is 12.3. The zero-order chi connectivity index (χ0) is 25.7. The minimum Gasteiger partial charge on any atom is -0.479 e. The van der Waals surface area contributed by atoms with Gasteiger partial charge in [0.15, 0.2) is 12.2 Å². The van der Waals surface area contributed by atoms with Gasteiger partial charge in [-0.2, -0.15) is 0 Å². The summed E-state index contributed by atoms with van der Waals surface area (Å²) in [5, 5.41) is 33.2. The lowest BCUT2D eigenvalue weighted by atomic mass is 10.2. The third kappa shape index (κ3) is 6.01. The summed E-state index contributed by atoms with van der Waals surface area (Å²) < 4.78 is 17.6. The van der Waals surface area contributed by atoms with Crippen LogP contribution in [0, 0.1) is 5.82 Å². The second kappa shape index (κ2) is 11.1. The van der Waals surface area contributed by atoms with Crippen LogP contribution in [0.5, 0.6) is 0 Å². The van der Waals surface area contributed by atoms with E-state index in [9.17, 15) is 14.0 Å². The van der Waals surface area contributed by atoms with Gasteiger partial charge >= 0.3 is 11.9 Å². The molecule has 0 aliphatic heterocycles. The molecular weight excluding hydrogens is 483 g/mol. The van der Waals surface area contributed by atoms with Gasteiger partial charge in [-0.05, 0) is 31.2 Å². The molecule has 12 heteroatoms. The predicted octanol–water partition coefficient (Wildman–Crippen LogP) is 2.64. The molecular formula is C23H22ClFN4O6. The fourth-order valence-corrected chi connectivity index (χ4v) is 3.56. The molecule has 0 fully saturated rings. The van der Waals surface area contributed by atoms with E-state index in [1.807, 2.05) is 35.0 Å². The number of benzene rings is 2. The Kier molecular flexibility index (Phi) is 8.18. The smallest absolute Gasteiger partial charge is 0.335 e. The van der Waals surface area contributed by atoms with Gasteiger partial charge in [0.2, 0.25) is 0 Å². The first kappa shape index (κ1) is 25.8. The second-order valence-electron chi connectivity index (χ2n) is 7.36. The Morgan fingerprint density at radius 2 is 1.77 bits per heavy atom. The Morgan fingerprint density at radius 1 is 1.09 bits per heavy atom. The topological polar surface area (TPSA) is 151 Å². The first-order valence-electron chi connectivity index (χ1n) is 10.4. The number of aryl methyl sites for hydroxylation is 1. The van der Waals surface area contributed by atoms with E-state index in [0.717, 1.165) is 29.3 Å². The number of aromatic nitrogens is 4. The standard InChI is InChI=1S/C19H16ClFN4.C4H6O6/c1-2-25-17-7-6-15(21)11-16(17)23-18(25)12-24-9-8-22-19(24)13-4-3-5-14(20)10-13;5-1(3(7)8)2(6)4(9)10/h3-11H,2,12H2,1H3;1-2,5-6H,(H,7,8)(H,9,10). The number of aliphatic hydroxyl groups excluding tert-OH is 2. The molecule has 2 aromatic carbocycles. The summed E-state index contributed by atoms with van der Waals surface area (Å²) in [7, 11) is 0. The van der Waals surface area contributed by atoms with Crippen LogP contribution in [0.1, 0.15) is 12.7 Å². The maximum Gasteiger partial charge on any atom is 0.335 e. The second-order valence-corrected chi connectivity index (χ2v) is 7.80. The highest BCUT2D eigenvalue weighted by atomic mass is 35.5. The lowest BCUT2D eigenvalue weighted by molar-refractivity contribution is -0.165. The van der Waals surface area contributed by atoms with Crippen molar-refractivity contribution in [2.24, 2.45) is 0 Å². The number of imidazole rings is 2. The van der Waals surface area contributed by atoms with Crippen molar-refractivity contribution in [2.45, 2.75) is 32.2 Å². The number of carboxylic acids is 2. The quantitative estimate of drug-likeness (QED) is 0.300. The minimum atomic E-state index is -2.27. The highest BCUT2D eigenvalue weighted by Gasteiger charge is 2.29. The molecule has 0 aliphatic carbocycles. The average molecular weight is 505 g/mol. The van der Waals surface area contributed by atoms with Gasteiger partial charge in [-0.25, -0.2) is 23.9 Å². The normalized spacial score (nSPS) is 12.6. The monoisotopic (exact) mass is 504 g/mol. The van der Waals surface area contributed by atoms with Crippen molar-refractivity contribution in [2.75, 3.05) is 0 Å². The maximum atomic E-state index is 13.5. The van der Waals surface area contributed by atoms with Gasteiger partial charge in [-0.1, -0.05) is 23.7 Å². The first-order chi connectivity index (χ1) is 16.6. The highest BCUT2D eigenvalue weighted by molar-refractivity contribution is 6.30. The molecule has 4 N–H and O–H groups in total. The van der Waals surface area contributed by atoms with Crippen LogP contribution in [0.25, 0.3) is 22.4 Å². The molecule has 0 saturated heterocycles. The Balaban J connectivity index is 0.000000292. The SMILES string of the molecule is CCn1c(Cn2ccnc2-c2cccc(Cl)c2)nc2cc(F)ccc21.O=C(O)C(O)C(O)C(=O)O. The number of hydrogen-bond donors (Lipinski definition) is 4. The molecule has 2 unspecified atom stereocenters. The molecule has 0 bridgehead atoms. The zero-order valence-corrected chi connectivity index (χ0v) is 19.2.